The molecule has 0 aliphatic carbocycles. The largest absolute Gasteiger partial charge is 0.142 e. The SMILES string of the molecule is SC(C(S)=C(S)c1ccccc1)=C(S)c1ccccc1. The first-order valence-electron chi connectivity index (χ1n) is 5.97. The normalized spacial score (nSPS) is 13.6. The third-order valence-corrected chi connectivity index (χ3v) is 5.15. The lowest BCUT2D eigenvalue weighted by atomic mass is 10.1. The van der Waals surface area contributed by atoms with Crippen LogP contribution in [0.4, 0.5) is 0 Å². The highest BCUT2D eigenvalue weighted by Crippen LogP contribution is 2.36. The van der Waals surface area contributed by atoms with Gasteiger partial charge in [-0.25, -0.2) is 0 Å². The van der Waals surface area contributed by atoms with Gasteiger partial charge in [0.15, 0.2) is 0 Å². The van der Waals surface area contributed by atoms with Crippen molar-refractivity contribution in [1.29, 1.82) is 0 Å². The Morgan fingerprint density at radius 3 is 1.10 bits per heavy atom. The zero-order valence-corrected chi connectivity index (χ0v) is 14.1. The molecule has 0 nitrogen and oxygen atoms in total. The van der Waals surface area contributed by atoms with Gasteiger partial charge in [-0.05, 0) is 11.1 Å². The molecule has 2 aromatic carbocycles. The predicted octanol–water partition coefficient (Wildman–Crippen LogP) is 5.44. The van der Waals surface area contributed by atoms with Gasteiger partial charge in [-0.1, -0.05) is 60.7 Å². The first-order valence-corrected chi connectivity index (χ1v) is 7.75. The van der Waals surface area contributed by atoms with Gasteiger partial charge in [-0.15, -0.1) is 50.5 Å². The summed E-state index contributed by atoms with van der Waals surface area (Å²) in [6.07, 6.45) is 0. The maximum atomic E-state index is 4.55. The van der Waals surface area contributed by atoms with Crippen molar-refractivity contribution in [3.05, 3.63) is 81.6 Å². The fourth-order valence-electron chi connectivity index (χ4n) is 1.69. The number of thiol groups is 4. The average molecular weight is 335 g/mol. The van der Waals surface area contributed by atoms with E-state index < -0.39 is 0 Å². The minimum atomic E-state index is 0.705. The van der Waals surface area contributed by atoms with Crippen molar-refractivity contribution in [3.63, 3.8) is 0 Å². The fourth-order valence-corrected chi connectivity index (χ4v) is 2.87. The van der Waals surface area contributed by atoms with Crippen LogP contribution in [0.2, 0.25) is 0 Å². The summed E-state index contributed by atoms with van der Waals surface area (Å²) in [6.45, 7) is 0. The standard InChI is InChI=1S/C16H14S4/c17-13(11-7-3-1-4-8-11)15(19)16(20)14(18)12-9-5-2-6-10-12/h1-10,17-20H. The van der Waals surface area contributed by atoms with E-state index in [1.807, 2.05) is 60.7 Å². The minimum Gasteiger partial charge on any atom is -0.142 e. The van der Waals surface area contributed by atoms with Gasteiger partial charge in [0.25, 0.3) is 0 Å². The molecule has 0 aromatic heterocycles. The van der Waals surface area contributed by atoms with Gasteiger partial charge >= 0.3 is 0 Å². The molecule has 0 heterocycles. The van der Waals surface area contributed by atoms with Crippen molar-refractivity contribution in [2.24, 2.45) is 0 Å². The molecule has 0 amide bonds. The van der Waals surface area contributed by atoms with Gasteiger partial charge in [0.2, 0.25) is 0 Å². The zero-order valence-electron chi connectivity index (χ0n) is 10.6. The van der Waals surface area contributed by atoms with Gasteiger partial charge in [0.1, 0.15) is 0 Å². The Bertz CT molecular complexity index is 583. The second-order valence-electron chi connectivity index (χ2n) is 4.13. The zero-order chi connectivity index (χ0) is 14.5. The highest BCUT2D eigenvalue weighted by atomic mass is 32.1. The van der Waals surface area contributed by atoms with Gasteiger partial charge in [0, 0.05) is 19.6 Å². The van der Waals surface area contributed by atoms with E-state index in [2.05, 4.69) is 50.5 Å². The summed E-state index contributed by atoms with van der Waals surface area (Å²) in [6, 6.07) is 19.7. The molecule has 2 aromatic rings. The third-order valence-electron chi connectivity index (χ3n) is 2.77. The summed E-state index contributed by atoms with van der Waals surface area (Å²) in [5, 5.41) is 0. The summed E-state index contributed by atoms with van der Waals surface area (Å²) >= 11 is 18.2. The molecule has 0 fully saturated rings. The highest BCUT2D eigenvalue weighted by Gasteiger charge is 2.09. The predicted molar refractivity (Wildman–Crippen MR) is 103 cm³/mol. The van der Waals surface area contributed by atoms with Crippen LogP contribution in [0.3, 0.4) is 0 Å². The van der Waals surface area contributed by atoms with Crippen molar-refractivity contribution in [1.82, 2.24) is 0 Å². The first-order chi connectivity index (χ1) is 9.61. The molecule has 0 radical (unpaired) electrons. The van der Waals surface area contributed by atoms with Crippen LogP contribution in [0.25, 0.3) is 9.81 Å². The molecular weight excluding hydrogens is 320 g/mol. The van der Waals surface area contributed by atoms with Gasteiger partial charge in [-0.2, -0.15) is 0 Å². The molecule has 102 valence electrons. The van der Waals surface area contributed by atoms with Crippen molar-refractivity contribution >= 4 is 60.3 Å². The Labute approximate surface area is 141 Å². The Morgan fingerprint density at radius 2 is 0.800 bits per heavy atom. The molecule has 0 saturated heterocycles. The van der Waals surface area contributed by atoms with Crippen molar-refractivity contribution < 1.29 is 0 Å². The molecule has 0 bridgehead atoms. The number of rotatable bonds is 3. The lowest BCUT2D eigenvalue weighted by Crippen LogP contribution is -1.85. The first kappa shape index (κ1) is 15.7. The van der Waals surface area contributed by atoms with E-state index >= 15 is 0 Å². The van der Waals surface area contributed by atoms with Crippen molar-refractivity contribution in [3.8, 4) is 0 Å². The summed E-state index contributed by atoms with van der Waals surface area (Å²) in [4.78, 5) is 2.97. The third kappa shape index (κ3) is 3.70. The van der Waals surface area contributed by atoms with Gasteiger partial charge < -0.3 is 0 Å². The van der Waals surface area contributed by atoms with Crippen LogP contribution in [0.15, 0.2) is 70.5 Å². The number of hydrogen-bond acceptors (Lipinski definition) is 4. The Morgan fingerprint density at radius 1 is 0.500 bits per heavy atom. The van der Waals surface area contributed by atoms with Crippen LogP contribution in [-0.4, -0.2) is 0 Å². The second kappa shape index (κ2) is 7.36. The van der Waals surface area contributed by atoms with Crippen molar-refractivity contribution in [2.75, 3.05) is 0 Å². The van der Waals surface area contributed by atoms with Crippen LogP contribution in [0.5, 0.6) is 0 Å². The molecule has 0 saturated carbocycles. The maximum Gasteiger partial charge on any atom is 0.0325 e. The summed E-state index contributed by atoms with van der Waals surface area (Å²) in [5.41, 5.74) is 2.00. The van der Waals surface area contributed by atoms with Gasteiger partial charge in [-0.3, -0.25) is 0 Å². The minimum absolute atomic E-state index is 0.705. The monoisotopic (exact) mass is 334 g/mol. The van der Waals surface area contributed by atoms with Crippen molar-refractivity contribution in [2.45, 2.75) is 0 Å². The highest BCUT2D eigenvalue weighted by molar-refractivity contribution is 7.96. The van der Waals surface area contributed by atoms with E-state index in [9.17, 15) is 0 Å². The van der Waals surface area contributed by atoms with E-state index in [4.69, 9.17) is 0 Å². The molecular formula is C16H14S4. The molecule has 0 N–H and O–H groups in total. The smallest absolute Gasteiger partial charge is 0.0325 e. The van der Waals surface area contributed by atoms with Crippen LogP contribution >= 0.6 is 50.5 Å². The van der Waals surface area contributed by atoms with E-state index in [-0.39, 0.29) is 0 Å². The van der Waals surface area contributed by atoms with Crippen LogP contribution < -0.4 is 0 Å². The van der Waals surface area contributed by atoms with E-state index in [0.717, 1.165) is 20.9 Å². The average Bonchev–Trinajstić information content (AvgIpc) is 2.53. The quantitative estimate of drug-likeness (QED) is 0.417. The summed E-state index contributed by atoms with van der Waals surface area (Å²) < 4.78 is 0. The van der Waals surface area contributed by atoms with E-state index in [0.29, 0.717) is 9.81 Å². The second-order valence-corrected chi connectivity index (χ2v) is 5.92. The lowest BCUT2D eigenvalue weighted by molar-refractivity contribution is 1.63. The fraction of sp³-hybridized carbons (Fsp3) is 0. The van der Waals surface area contributed by atoms with E-state index in [1.54, 1.807) is 0 Å². The lowest BCUT2D eigenvalue weighted by Gasteiger charge is -2.10. The van der Waals surface area contributed by atoms with E-state index in [1.165, 1.54) is 0 Å². The number of benzene rings is 2. The Hall–Kier alpha value is -0.680. The van der Waals surface area contributed by atoms with Crippen LogP contribution in [0.1, 0.15) is 11.1 Å². The molecule has 0 spiro atoms. The molecule has 0 aliphatic rings. The molecule has 0 aliphatic heterocycles. The topological polar surface area (TPSA) is 0 Å². The van der Waals surface area contributed by atoms with Crippen LogP contribution in [-0.2, 0) is 0 Å². The Balaban J connectivity index is 2.44. The molecule has 0 atom stereocenters. The number of hydrogen-bond donors (Lipinski definition) is 4. The Kier molecular flexibility index (Phi) is 5.78. The molecule has 20 heavy (non-hydrogen) atoms. The molecule has 2 rings (SSSR count). The molecule has 0 unspecified atom stereocenters. The summed E-state index contributed by atoms with van der Waals surface area (Å²) in [7, 11) is 0. The van der Waals surface area contributed by atoms with Gasteiger partial charge in [0.05, 0.1) is 0 Å². The summed E-state index contributed by atoms with van der Waals surface area (Å²) in [5.74, 6) is 0. The molecule has 4 heteroatoms. The van der Waals surface area contributed by atoms with Crippen LogP contribution in [0, 0.1) is 0 Å². The maximum absolute atomic E-state index is 4.55.